The lowest BCUT2D eigenvalue weighted by atomic mass is 10.1. The highest BCUT2D eigenvalue weighted by molar-refractivity contribution is 7.14. The monoisotopic (exact) mass is 368 g/mol. The first-order valence-electron chi connectivity index (χ1n) is 8.24. The summed E-state index contributed by atoms with van der Waals surface area (Å²) in [4.78, 5) is 29.7. The Kier molecular flexibility index (Phi) is 6.64. The minimum Gasteiger partial charge on any atom is -0.321 e. The Hall–Kier alpha value is -2.98. The van der Waals surface area contributed by atoms with Crippen LogP contribution < -0.4 is 10.2 Å². The van der Waals surface area contributed by atoms with E-state index in [1.807, 2.05) is 25.1 Å². The van der Waals surface area contributed by atoms with E-state index in [1.165, 1.54) is 34.8 Å². The fourth-order valence-electron chi connectivity index (χ4n) is 2.28. The third-order valence-electron chi connectivity index (χ3n) is 3.71. The van der Waals surface area contributed by atoms with Gasteiger partial charge in [-0.05, 0) is 37.1 Å². The Morgan fingerprint density at radius 3 is 2.54 bits per heavy atom. The summed E-state index contributed by atoms with van der Waals surface area (Å²) < 4.78 is 0. The van der Waals surface area contributed by atoms with E-state index in [9.17, 15) is 14.9 Å². The lowest BCUT2D eigenvalue weighted by Crippen LogP contribution is -2.27. The summed E-state index contributed by atoms with van der Waals surface area (Å²) >= 11 is 1.29. The molecule has 0 unspecified atom stereocenters. The number of hydrogen-bond donors (Lipinski definition) is 1. The quantitative estimate of drug-likeness (QED) is 0.623. The molecular formula is C19H20N4O2S. The van der Waals surface area contributed by atoms with Crippen molar-refractivity contribution in [1.29, 1.82) is 5.26 Å². The fraction of sp³-hybridized carbons (Fsp3) is 0.263. The van der Waals surface area contributed by atoms with Gasteiger partial charge in [-0.1, -0.05) is 19.1 Å². The topological polar surface area (TPSA) is 86.1 Å². The minimum atomic E-state index is -0.495. The van der Waals surface area contributed by atoms with E-state index in [0.717, 1.165) is 6.42 Å². The molecule has 1 N–H and O–H groups in total. The van der Waals surface area contributed by atoms with Gasteiger partial charge in [0.05, 0.1) is 5.69 Å². The van der Waals surface area contributed by atoms with Crippen LogP contribution in [0.2, 0.25) is 0 Å². The van der Waals surface area contributed by atoms with Gasteiger partial charge in [0.1, 0.15) is 11.6 Å². The van der Waals surface area contributed by atoms with Crippen molar-refractivity contribution < 1.29 is 9.59 Å². The predicted molar refractivity (Wildman–Crippen MR) is 104 cm³/mol. The van der Waals surface area contributed by atoms with Crippen LogP contribution in [0.15, 0.2) is 35.2 Å². The Bertz CT molecular complexity index is 862. The maximum absolute atomic E-state index is 12.3. The minimum absolute atomic E-state index is 0.0488. The second-order valence-electron chi connectivity index (χ2n) is 5.49. The molecule has 0 saturated heterocycles. The number of nitrogens with one attached hydrogen (secondary N) is 1. The molecular weight excluding hydrogens is 348 g/mol. The number of thiazole rings is 1. The Labute approximate surface area is 156 Å². The standard InChI is InChI=1S/C19H20N4O2S/c1-4-14-6-8-16(9-7-14)21-18(25)15(11-20)10-17-12-26-19(22-17)23(5-2)13(3)24/h6-10,12H,4-5H2,1-3H3,(H,21,25)/b15-10+. The van der Waals surface area contributed by atoms with Crippen LogP contribution >= 0.6 is 11.3 Å². The lowest BCUT2D eigenvalue weighted by molar-refractivity contribution is -0.116. The number of carbonyl (C=O) groups excluding carboxylic acids is 2. The van der Waals surface area contributed by atoms with Crippen LogP contribution in [0.3, 0.4) is 0 Å². The number of nitrogens with zero attached hydrogens (tertiary/aromatic N) is 3. The summed E-state index contributed by atoms with van der Waals surface area (Å²) in [7, 11) is 0. The van der Waals surface area contributed by atoms with Crippen LogP contribution in [-0.2, 0) is 16.0 Å². The van der Waals surface area contributed by atoms with Crippen molar-refractivity contribution in [1.82, 2.24) is 4.98 Å². The molecule has 0 aliphatic carbocycles. The molecule has 0 aliphatic heterocycles. The van der Waals surface area contributed by atoms with Gasteiger partial charge in [0.15, 0.2) is 5.13 Å². The van der Waals surface area contributed by atoms with Crippen molar-refractivity contribution in [3.05, 3.63) is 46.5 Å². The molecule has 26 heavy (non-hydrogen) atoms. The average molecular weight is 368 g/mol. The van der Waals surface area contributed by atoms with E-state index in [2.05, 4.69) is 17.2 Å². The van der Waals surface area contributed by atoms with E-state index in [-0.39, 0.29) is 11.5 Å². The van der Waals surface area contributed by atoms with Crippen LogP contribution in [0, 0.1) is 11.3 Å². The van der Waals surface area contributed by atoms with Crippen molar-refractivity contribution in [3.8, 4) is 6.07 Å². The molecule has 134 valence electrons. The van der Waals surface area contributed by atoms with Crippen LogP contribution in [0.25, 0.3) is 6.08 Å². The van der Waals surface area contributed by atoms with Crippen LogP contribution in [0.5, 0.6) is 0 Å². The molecule has 0 fully saturated rings. The van der Waals surface area contributed by atoms with E-state index in [0.29, 0.717) is 23.1 Å². The molecule has 1 aromatic heterocycles. The molecule has 0 saturated carbocycles. The van der Waals surface area contributed by atoms with Crippen molar-refractivity contribution in [2.45, 2.75) is 27.2 Å². The Morgan fingerprint density at radius 2 is 2.00 bits per heavy atom. The molecule has 6 nitrogen and oxygen atoms in total. The highest BCUT2D eigenvalue weighted by Crippen LogP contribution is 2.22. The second-order valence-corrected chi connectivity index (χ2v) is 6.33. The van der Waals surface area contributed by atoms with Gasteiger partial charge < -0.3 is 5.32 Å². The number of amides is 2. The number of hydrogen-bond acceptors (Lipinski definition) is 5. The normalized spacial score (nSPS) is 10.9. The maximum Gasteiger partial charge on any atom is 0.266 e. The zero-order chi connectivity index (χ0) is 19.1. The molecule has 1 heterocycles. The number of aryl methyl sites for hydroxylation is 1. The number of anilines is 2. The Balaban J connectivity index is 2.16. The smallest absolute Gasteiger partial charge is 0.266 e. The summed E-state index contributed by atoms with van der Waals surface area (Å²) in [5, 5.41) is 14.3. The zero-order valence-electron chi connectivity index (χ0n) is 14.9. The third kappa shape index (κ3) is 4.77. The van der Waals surface area contributed by atoms with Gasteiger partial charge in [0.25, 0.3) is 5.91 Å². The molecule has 0 aliphatic rings. The molecule has 2 amide bonds. The van der Waals surface area contributed by atoms with Crippen LogP contribution in [-0.4, -0.2) is 23.3 Å². The number of benzene rings is 1. The lowest BCUT2D eigenvalue weighted by Gasteiger charge is -2.14. The summed E-state index contributed by atoms with van der Waals surface area (Å²) in [5.74, 6) is -0.601. The zero-order valence-corrected chi connectivity index (χ0v) is 15.8. The first-order valence-corrected chi connectivity index (χ1v) is 9.12. The molecule has 2 aromatic rings. The molecule has 0 bridgehead atoms. The SMILES string of the molecule is CCc1ccc(NC(=O)/C(C#N)=C/c2csc(N(CC)C(C)=O)n2)cc1. The number of aromatic nitrogens is 1. The van der Waals surface area contributed by atoms with Crippen molar-refractivity contribution >= 4 is 40.0 Å². The molecule has 0 radical (unpaired) electrons. The van der Waals surface area contributed by atoms with Gasteiger partial charge in [-0.3, -0.25) is 14.5 Å². The van der Waals surface area contributed by atoms with E-state index < -0.39 is 5.91 Å². The highest BCUT2D eigenvalue weighted by atomic mass is 32.1. The molecule has 1 aromatic carbocycles. The molecule has 0 spiro atoms. The molecule has 7 heteroatoms. The molecule has 2 rings (SSSR count). The van der Waals surface area contributed by atoms with Gasteiger partial charge in [-0.2, -0.15) is 5.26 Å². The maximum atomic E-state index is 12.3. The largest absolute Gasteiger partial charge is 0.321 e. The van der Waals surface area contributed by atoms with Crippen LogP contribution in [0.4, 0.5) is 10.8 Å². The van der Waals surface area contributed by atoms with Gasteiger partial charge >= 0.3 is 0 Å². The van der Waals surface area contributed by atoms with Crippen molar-refractivity contribution in [2.75, 3.05) is 16.8 Å². The third-order valence-corrected chi connectivity index (χ3v) is 4.60. The van der Waals surface area contributed by atoms with Crippen molar-refractivity contribution in [3.63, 3.8) is 0 Å². The Morgan fingerprint density at radius 1 is 1.31 bits per heavy atom. The predicted octanol–water partition coefficient (Wildman–Crippen LogP) is 3.62. The fourth-order valence-corrected chi connectivity index (χ4v) is 3.17. The summed E-state index contributed by atoms with van der Waals surface area (Å²) in [6.07, 6.45) is 2.34. The number of rotatable bonds is 6. The summed E-state index contributed by atoms with van der Waals surface area (Å²) in [5.41, 5.74) is 2.21. The second kappa shape index (κ2) is 8.92. The summed E-state index contributed by atoms with van der Waals surface area (Å²) in [6, 6.07) is 9.37. The summed E-state index contributed by atoms with van der Waals surface area (Å²) in [6.45, 7) is 5.89. The first kappa shape index (κ1) is 19.3. The van der Waals surface area contributed by atoms with Gasteiger partial charge in [0, 0.05) is 24.5 Å². The number of carbonyl (C=O) groups is 2. The first-order chi connectivity index (χ1) is 12.5. The van der Waals surface area contributed by atoms with E-state index >= 15 is 0 Å². The number of nitriles is 1. The molecule has 0 atom stereocenters. The van der Waals surface area contributed by atoms with Crippen LogP contribution in [0.1, 0.15) is 32.0 Å². The van der Waals surface area contributed by atoms with Gasteiger partial charge in [-0.15, -0.1) is 11.3 Å². The van der Waals surface area contributed by atoms with Gasteiger partial charge in [0.2, 0.25) is 5.91 Å². The van der Waals surface area contributed by atoms with E-state index in [4.69, 9.17) is 0 Å². The van der Waals surface area contributed by atoms with E-state index in [1.54, 1.807) is 17.5 Å². The highest BCUT2D eigenvalue weighted by Gasteiger charge is 2.15. The van der Waals surface area contributed by atoms with Gasteiger partial charge in [-0.25, -0.2) is 4.98 Å². The average Bonchev–Trinajstić information content (AvgIpc) is 3.08. The van der Waals surface area contributed by atoms with Crippen molar-refractivity contribution in [2.24, 2.45) is 0 Å².